The summed E-state index contributed by atoms with van der Waals surface area (Å²) in [5.41, 5.74) is 1.07. The van der Waals surface area contributed by atoms with Gasteiger partial charge in [-0.1, -0.05) is 13.8 Å². The molecule has 0 amide bonds. The summed E-state index contributed by atoms with van der Waals surface area (Å²) >= 11 is 0. The molecule has 0 aliphatic rings. The summed E-state index contributed by atoms with van der Waals surface area (Å²) in [6.07, 6.45) is 3.47. The van der Waals surface area contributed by atoms with Gasteiger partial charge in [0.05, 0.1) is 5.69 Å². The van der Waals surface area contributed by atoms with E-state index in [2.05, 4.69) is 32.8 Å². The van der Waals surface area contributed by atoms with E-state index in [0.29, 0.717) is 12.5 Å². The van der Waals surface area contributed by atoms with E-state index in [9.17, 15) is 4.79 Å². The number of Topliss-reactive ketones (excluding diaryl/α,β-unsaturated/α-hetero) is 1. The quantitative estimate of drug-likeness (QED) is 0.767. The summed E-state index contributed by atoms with van der Waals surface area (Å²) in [7, 11) is 0. The Morgan fingerprint density at radius 1 is 1.50 bits per heavy atom. The monoisotopic (exact) mass is 222 g/mol. The molecule has 1 aromatic rings. The Morgan fingerprint density at radius 3 is 2.56 bits per heavy atom. The third-order valence-corrected chi connectivity index (χ3v) is 2.58. The van der Waals surface area contributed by atoms with Crippen LogP contribution in [0.5, 0.6) is 0 Å². The van der Waals surface area contributed by atoms with Crippen molar-refractivity contribution in [1.82, 2.24) is 9.78 Å². The molecule has 1 heterocycles. The van der Waals surface area contributed by atoms with Crippen LogP contribution >= 0.6 is 0 Å². The number of rotatable bonds is 5. The molecule has 0 radical (unpaired) electrons. The predicted molar refractivity (Wildman–Crippen MR) is 65.4 cm³/mol. The van der Waals surface area contributed by atoms with Crippen molar-refractivity contribution < 1.29 is 4.79 Å². The lowest BCUT2D eigenvalue weighted by molar-refractivity contribution is -0.118. The molecule has 0 fully saturated rings. The van der Waals surface area contributed by atoms with Gasteiger partial charge >= 0.3 is 0 Å². The molecule has 0 aromatic carbocycles. The summed E-state index contributed by atoms with van der Waals surface area (Å²) in [4.78, 5) is 11.1. The average molecular weight is 222 g/mol. The molecule has 3 nitrogen and oxygen atoms in total. The molecule has 16 heavy (non-hydrogen) atoms. The van der Waals surface area contributed by atoms with E-state index in [1.807, 2.05) is 16.9 Å². The highest BCUT2D eigenvalue weighted by molar-refractivity contribution is 5.76. The van der Waals surface area contributed by atoms with Crippen molar-refractivity contribution in [1.29, 1.82) is 0 Å². The number of aromatic nitrogens is 2. The number of carbonyl (C=O) groups excluding carboxylic acids is 1. The van der Waals surface area contributed by atoms with Gasteiger partial charge in [-0.15, -0.1) is 0 Å². The van der Waals surface area contributed by atoms with Gasteiger partial charge in [0.2, 0.25) is 0 Å². The lowest BCUT2D eigenvalue weighted by atomic mass is 9.83. The Labute approximate surface area is 97.8 Å². The zero-order valence-corrected chi connectivity index (χ0v) is 10.9. The van der Waals surface area contributed by atoms with Gasteiger partial charge in [-0.05, 0) is 38.7 Å². The Hall–Kier alpha value is -1.12. The summed E-state index contributed by atoms with van der Waals surface area (Å²) in [5.74, 6) is 0.244. The van der Waals surface area contributed by atoms with Crippen LogP contribution in [0, 0.1) is 5.41 Å². The van der Waals surface area contributed by atoms with Gasteiger partial charge in [-0.2, -0.15) is 5.10 Å². The Kier molecular flexibility index (Phi) is 3.89. The number of hydrogen-bond acceptors (Lipinski definition) is 2. The van der Waals surface area contributed by atoms with Crippen LogP contribution in [0.3, 0.4) is 0 Å². The van der Waals surface area contributed by atoms with Crippen LogP contribution in [-0.2, 0) is 11.2 Å². The molecular formula is C13H22N2O. The molecule has 1 aromatic heterocycles. The smallest absolute Gasteiger partial charge is 0.130 e. The van der Waals surface area contributed by atoms with Gasteiger partial charge in [0.15, 0.2) is 0 Å². The molecule has 0 N–H and O–H groups in total. The predicted octanol–water partition coefficient (Wildman–Crippen LogP) is 3.01. The van der Waals surface area contributed by atoms with Gasteiger partial charge in [0.25, 0.3) is 0 Å². The van der Waals surface area contributed by atoms with E-state index in [-0.39, 0.29) is 11.2 Å². The van der Waals surface area contributed by atoms with Crippen molar-refractivity contribution in [3.63, 3.8) is 0 Å². The number of nitrogens with zero attached hydrogens (tertiary/aromatic N) is 2. The van der Waals surface area contributed by atoms with E-state index >= 15 is 0 Å². The molecule has 0 aliphatic carbocycles. The van der Waals surface area contributed by atoms with E-state index in [1.165, 1.54) is 0 Å². The first-order valence-electron chi connectivity index (χ1n) is 5.84. The summed E-state index contributed by atoms with van der Waals surface area (Å²) in [6.45, 7) is 10.1. The second-order valence-corrected chi connectivity index (χ2v) is 5.60. The number of ketones is 1. The zero-order chi connectivity index (χ0) is 12.3. The van der Waals surface area contributed by atoms with Crippen molar-refractivity contribution in [2.45, 2.75) is 53.5 Å². The lowest BCUT2D eigenvalue weighted by Crippen LogP contribution is -2.19. The Bertz CT molecular complexity index is 364. The normalized spacial score (nSPS) is 12.1. The number of carbonyl (C=O) groups is 1. The molecule has 0 aliphatic heterocycles. The first kappa shape index (κ1) is 12.9. The van der Waals surface area contributed by atoms with Crippen LogP contribution in [-0.4, -0.2) is 15.6 Å². The topological polar surface area (TPSA) is 34.9 Å². The molecular weight excluding hydrogens is 200 g/mol. The van der Waals surface area contributed by atoms with Crippen LogP contribution < -0.4 is 0 Å². The van der Waals surface area contributed by atoms with Crippen LogP contribution in [0.15, 0.2) is 12.3 Å². The highest BCUT2D eigenvalue weighted by atomic mass is 16.1. The van der Waals surface area contributed by atoms with E-state index in [0.717, 1.165) is 12.1 Å². The SMILES string of the molecule is CC(=O)CC(C)(C)Cc1ccn(C(C)C)n1. The minimum absolute atomic E-state index is 0.00198. The fourth-order valence-electron chi connectivity index (χ4n) is 1.99. The fourth-order valence-corrected chi connectivity index (χ4v) is 1.99. The highest BCUT2D eigenvalue weighted by Crippen LogP contribution is 2.25. The Morgan fingerprint density at radius 2 is 2.12 bits per heavy atom. The third kappa shape index (κ3) is 3.80. The number of hydrogen-bond donors (Lipinski definition) is 0. The van der Waals surface area contributed by atoms with Crippen molar-refractivity contribution in [2.24, 2.45) is 5.41 Å². The van der Waals surface area contributed by atoms with Gasteiger partial charge in [0.1, 0.15) is 5.78 Å². The largest absolute Gasteiger partial charge is 0.300 e. The van der Waals surface area contributed by atoms with Gasteiger partial charge in [0, 0.05) is 18.7 Å². The molecule has 90 valence electrons. The summed E-state index contributed by atoms with van der Waals surface area (Å²) < 4.78 is 1.96. The van der Waals surface area contributed by atoms with E-state index in [4.69, 9.17) is 0 Å². The second kappa shape index (κ2) is 4.81. The Balaban J connectivity index is 2.68. The summed E-state index contributed by atoms with van der Waals surface area (Å²) in [6, 6.07) is 2.44. The zero-order valence-electron chi connectivity index (χ0n) is 10.9. The minimum atomic E-state index is 0.00198. The minimum Gasteiger partial charge on any atom is -0.300 e. The standard InChI is InChI=1S/C13H22N2O/c1-10(2)15-7-6-12(14-15)9-13(4,5)8-11(3)16/h6-7,10H,8-9H2,1-5H3. The molecule has 0 spiro atoms. The van der Waals surface area contributed by atoms with Crippen molar-refractivity contribution in [3.05, 3.63) is 18.0 Å². The van der Waals surface area contributed by atoms with Crippen molar-refractivity contribution >= 4 is 5.78 Å². The molecule has 0 atom stereocenters. The first-order valence-corrected chi connectivity index (χ1v) is 5.84. The van der Waals surface area contributed by atoms with Crippen molar-refractivity contribution in [3.8, 4) is 0 Å². The maximum absolute atomic E-state index is 11.1. The van der Waals surface area contributed by atoms with E-state index in [1.54, 1.807) is 6.92 Å². The van der Waals surface area contributed by atoms with Gasteiger partial charge in [-0.25, -0.2) is 0 Å². The van der Waals surface area contributed by atoms with Crippen LogP contribution in [0.2, 0.25) is 0 Å². The van der Waals surface area contributed by atoms with Gasteiger partial charge in [-0.3, -0.25) is 4.68 Å². The van der Waals surface area contributed by atoms with Crippen LogP contribution in [0.25, 0.3) is 0 Å². The maximum Gasteiger partial charge on any atom is 0.130 e. The molecule has 0 bridgehead atoms. The van der Waals surface area contributed by atoms with Gasteiger partial charge < -0.3 is 4.79 Å². The lowest BCUT2D eigenvalue weighted by Gasteiger charge is -2.21. The highest BCUT2D eigenvalue weighted by Gasteiger charge is 2.21. The molecule has 1 rings (SSSR count). The van der Waals surface area contributed by atoms with E-state index < -0.39 is 0 Å². The molecule has 0 unspecified atom stereocenters. The summed E-state index contributed by atoms with van der Waals surface area (Å²) in [5, 5.41) is 4.51. The van der Waals surface area contributed by atoms with Crippen LogP contribution in [0.4, 0.5) is 0 Å². The molecule has 0 saturated carbocycles. The fraction of sp³-hybridized carbons (Fsp3) is 0.692. The average Bonchev–Trinajstić information content (AvgIpc) is 2.48. The van der Waals surface area contributed by atoms with Crippen LogP contribution in [0.1, 0.15) is 52.8 Å². The van der Waals surface area contributed by atoms with Crippen molar-refractivity contribution in [2.75, 3.05) is 0 Å². The third-order valence-electron chi connectivity index (χ3n) is 2.58. The first-order chi connectivity index (χ1) is 7.30. The molecule has 0 saturated heterocycles. The molecule has 3 heteroatoms. The second-order valence-electron chi connectivity index (χ2n) is 5.60. The maximum atomic E-state index is 11.1.